The molecule has 20 nitrogen and oxygen atoms in total. The number of Topliss-reactive ketones (excluding diaryl/α,β-unsaturated/α-hetero) is 2. The van der Waals surface area contributed by atoms with E-state index in [0.717, 1.165) is 25.2 Å². The van der Waals surface area contributed by atoms with Crippen LogP contribution in [0.2, 0.25) is 10.6 Å². The normalized spacial score (nSPS) is 16.1. The number of anilines is 2. The summed E-state index contributed by atoms with van der Waals surface area (Å²) in [6.45, 7) is 8.90. The van der Waals surface area contributed by atoms with Crippen molar-refractivity contribution in [1.29, 1.82) is 0 Å². The topological polar surface area (TPSA) is 242 Å². The van der Waals surface area contributed by atoms with Crippen molar-refractivity contribution in [3.63, 3.8) is 0 Å². The Labute approximate surface area is 470 Å². The Morgan fingerprint density at radius 3 is 1.40 bits per heavy atom. The molecule has 0 bridgehead atoms. The highest BCUT2D eigenvalue weighted by Gasteiger charge is 2.35. The van der Waals surface area contributed by atoms with Gasteiger partial charge in [0.1, 0.15) is 40.7 Å². The lowest BCUT2D eigenvalue weighted by Crippen LogP contribution is -2.52. The minimum absolute atomic E-state index is 0. The molecule has 3 N–H and O–H groups in total. The molecule has 77 heavy (non-hydrogen) atoms. The zero-order valence-corrected chi connectivity index (χ0v) is 46.1. The smallest absolute Gasteiger partial charge is 0.341 e. The lowest BCUT2D eigenvalue weighted by molar-refractivity contribution is -0.117. The molecular weight excluding hydrogens is 1110 g/mol. The Kier molecular flexibility index (Phi) is 27.1. The molecule has 0 unspecified atom stereocenters. The van der Waals surface area contributed by atoms with Crippen molar-refractivity contribution in [2.75, 3.05) is 63.0 Å². The van der Waals surface area contributed by atoms with Crippen LogP contribution < -0.4 is 16.0 Å². The van der Waals surface area contributed by atoms with E-state index in [4.69, 9.17) is 28.9 Å². The number of carbonyl (C=O) groups is 5. The van der Waals surface area contributed by atoms with E-state index in [1.165, 1.54) is 67.4 Å². The SMILES string of the molecule is CC(=O)Cc1ccnc(Cl)n1.CC(=O)Cc1ccnc(N2CCN(C(=O)N3N=CC[C@H]3c3cc(F)cc(F)c3)CC2)n1.CC(=O)Cl.Nc1ccnc(Cl)n1.O=C(N1CCNCC1)N1N=CC[C@H]1c1cc(F)cc(F)c1.S.S. The van der Waals surface area contributed by atoms with Crippen LogP contribution in [0, 0.1) is 23.3 Å². The standard InChI is InChI=1S/C21H22F2N6O2.C14H16F2N4O.C7H7ClN2O.C4H4ClN3.C2H3ClO.2H2S/c1-14(30)10-18-2-4-24-20(26-18)27-6-8-28(9-7-27)21(31)29-19(3-5-25-29)15-11-16(22)13-17(23)12-15;15-11-7-10(8-12(16)9-11)13-1-2-18-20(13)14(21)19-5-3-17-4-6-19;1-5(11)4-6-2-3-9-7(8)10-6;5-4-7-2-1-3(6)8-4;1-2(3)4;;/h2,4-5,11-13,19H,3,6-10H2,1H3;2,7-9,13,17H,1,3-6H2;2-3H,4H2,1H3;1-2H,(H2,6,7,8);1H3;2*1H2/t19-;13-;;;;;/m00...../s1. The molecule has 9 rings (SSSR count). The molecule has 0 spiro atoms. The lowest BCUT2D eigenvalue weighted by atomic mass is 10.0. The Morgan fingerprint density at radius 2 is 1.00 bits per heavy atom. The summed E-state index contributed by atoms with van der Waals surface area (Å²) in [7, 11) is 0. The highest BCUT2D eigenvalue weighted by atomic mass is 35.5. The van der Waals surface area contributed by atoms with Gasteiger partial charge in [-0.3, -0.25) is 14.4 Å². The van der Waals surface area contributed by atoms with Gasteiger partial charge in [0.05, 0.1) is 23.5 Å². The number of ketones is 2. The molecule has 4 aliphatic rings. The van der Waals surface area contributed by atoms with Crippen molar-refractivity contribution in [1.82, 2.24) is 55.0 Å². The molecule has 414 valence electrons. The largest absolute Gasteiger partial charge is 0.384 e. The molecule has 5 aromatic rings. The maximum absolute atomic E-state index is 13.6. The summed E-state index contributed by atoms with van der Waals surface area (Å²) >= 11 is 15.5. The fourth-order valence-electron chi connectivity index (χ4n) is 7.49. The number of nitrogens with one attached hydrogen (secondary N) is 1. The number of aromatic nitrogens is 6. The van der Waals surface area contributed by atoms with Gasteiger partial charge < -0.3 is 25.8 Å². The number of piperazine rings is 2. The third-order valence-corrected chi connectivity index (χ3v) is 11.1. The molecule has 7 heterocycles. The van der Waals surface area contributed by atoms with Crippen LogP contribution in [0.25, 0.3) is 0 Å². The molecule has 2 saturated heterocycles. The van der Waals surface area contributed by atoms with Crippen LogP contribution in [-0.4, -0.2) is 143 Å². The van der Waals surface area contributed by atoms with Crippen molar-refractivity contribution in [2.45, 2.75) is 58.5 Å². The number of amides is 4. The number of halogens is 7. The molecule has 0 aliphatic carbocycles. The van der Waals surface area contributed by atoms with Crippen LogP contribution in [0.3, 0.4) is 0 Å². The number of carbonyl (C=O) groups excluding carboxylic acids is 5. The molecule has 2 aromatic carbocycles. The minimum atomic E-state index is -0.685. The van der Waals surface area contributed by atoms with E-state index in [-0.39, 0.29) is 72.9 Å². The maximum Gasteiger partial charge on any atom is 0.341 e. The van der Waals surface area contributed by atoms with Crippen molar-refractivity contribution in [3.05, 3.63) is 130 Å². The second-order valence-corrected chi connectivity index (χ2v) is 17.8. The fourth-order valence-corrected chi connectivity index (χ4v) is 7.81. The first-order valence-electron chi connectivity index (χ1n) is 23.0. The highest BCUT2D eigenvalue weighted by Crippen LogP contribution is 2.32. The minimum Gasteiger partial charge on any atom is -0.384 e. The monoisotopic (exact) mass is 1170 g/mol. The van der Waals surface area contributed by atoms with E-state index in [9.17, 15) is 41.5 Å². The molecule has 29 heteroatoms. The quantitative estimate of drug-likeness (QED) is 0.0927. The van der Waals surface area contributed by atoms with Gasteiger partial charge in [0.15, 0.2) is 0 Å². The van der Waals surface area contributed by atoms with E-state index in [0.29, 0.717) is 92.8 Å². The average Bonchev–Trinajstić information content (AvgIpc) is 4.05. The van der Waals surface area contributed by atoms with Crippen molar-refractivity contribution in [3.8, 4) is 0 Å². The summed E-state index contributed by atoms with van der Waals surface area (Å²) in [4.78, 5) is 85.5. The summed E-state index contributed by atoms with van der Waals surface area (Å²) in [5, 5.41) is 14.0. The molecular formula is C48H56Cl3F4N15O5S2. The Balaban J connectivity index is 0.000000291. The van der Waals surface area contributed by atoms with Gasteiger partial charge in [-0.25, -0.2) is 67.1 Å². The summed E-state index contributed by atoms with van der Waals surface area (Å²) in [6, 6.07) is 10.0. The van der Waals surface area contributed by atoms with Gasteiger partial charge >= 0.3 is 12.1 Å². The van der Waals surface area contributed by atoms with Crippen molar-refractivity contribution >= 4 is 115 Å². The Morgan fingerprint density at radius 1 is 0.597 bits per heavy atom. The van der Waals surface area contributed by atoms with E-state index in [1.807, 2.05) is 4.90 Å². The zero-order chi connectivity index (χ0) is 54.6. The van der Waals surface area contributed by atoms with E-state index >= 15 is 0 Å². The number of hydrazone groups is 2. The molecule has 4 amide bonds. The third kappa shape index (κ3) is 21.4. The van der Waals surface area contributed by atoms with Gasteiger partial charge in [-0.05, 0) is 102 Å². The number of hydrogen-bond acceptors (Lipinski definition) is 16. The second kappa shape index (κ2) is 32.2. The fraction of sp³-hybridized carbons (Fsp3) is 0.354. The van der Waals surface area contributed by atoms with Gasteiger partial charge in [-0.15, -0.1) is 0 Å². The van der Waals surface area contributed by atoms with Gasteiger partial charge in [0.2, 0.25) is 21.8 Å². The maximum atomic E-state index is 13.6. The van der Waals surface area contributed by atoms with Gasteiger partial charge in [-0.2, -0.15) is 37.2 Å². The molecule has 4 aliphatic heterocycles. The number of nitrogens with two attached hydrogens (primary N) is 1. The summed E-state index contributed by atoms with van der Waals surface area (Å²) < 4.78 is 54.0. The van der Waals surface area contributed by atoms with Crippen molar-refractivity contribution < 1.29 is 41.5 Å². The molecule has 0 saturated carbocycles. The average molecular weight is 1170 g/mol. The highest BCUT2D eigenvalue weighted by molar-refractivity contribution is 7.59. The molecule has 3 aromatic heterocycles. The van der Waals surface area contributed by atoms with Gasteiger partial charge in [0.25, 0.3) is 0 Å². The number of benzene rings is 2. The number of nitrogens with zero attached hydrogens (tertiary/aromatic N) is 13. The first kappa shape index (κ1) is 64.7. The summed E-state index contributed by atoms with van der Waals surface area (Å²) in [5.74, 6) is -1.65. The first-order chi connectivity index (χ1) is 35.8. The number of urea groups is 2. The third-order valence-electron chi connectivity index (χ3n) is 10.7. The van der Waals surface area contributed by atoms with E-state index in [1.54, 1.807) is 46.6 Å². The number of hydrogen-bond donors (Lipinski definition) is 2. The van der Waals surface area contributed by atoms with Crippen LogP contribution in [0.15, 0.2) is 83.4 Å². The van der Waals surface area contributed by atoms with E-state index in [2.05, 4.69) is 57.0 Å². The Hall–Kier alpha value is -6.58. The first-order valence-corrected chi connectivity index (χ1v) is 24.2. The molecule has 0 radical (unpaired) electrons. The number of rotatable bonds is 7. The van der Waals surface area contributed by atoms with Crippen molar-refractivity contribution in [2.24, 2.45) is 10.2 Å². The lowest BCUT2D eigenvalue weighted by Gasteiger charge is -2.37. The van der Waals surface area contributed by atoms with Crippen LogP contribution in [0.5, 0.6) is 0 Å². The van der Waals surface area contributed by atoms with E-state index < -0.39 is 35.4 Å². The van der Waals surface area contributed by atoms with Gasteiger partial charge in [0, 0.05) is 128 Å². The number of nitrogen functional groups attached to an aromatic ring is 1. The van der Waals surface area contributed by atoms with Crippen LogP contribution in [0.4, 0.5) is 38.9 Å². The van der Waals surface area contributed by atoms with Crippen LogP contribution >= 0.6 is 61.8 Å². The zero-order valence-electron chi connectivity index (χ0n) is 41.8. The predicted octanol–water partition coefficient (Wildman–Crippen LogP) is 7.25. The van der Waals surface area contributed by atoms with Crippen LogP contribution in [-0.2, 0) is 27.2 Å². The van der Waals surface area contributed by atoms with Gasteiger partial charge in [-0.1, -0.05) is 0 Å². The summed E-state index contributed by atoms with van der Waals surface area (Å²) in [5.41, 5.74) is 7.34. The predicted molar refractivity (Wildman–Crippen MR) is 294 cm³/mol. The molecule has 2 atom stereocenters. The summed E-state index contributed by atoms with van der Waals surface area (Å²) in [6.07, 6.45) is 9.28. The van der Waals surface area contributed by atoms with Crippen LogP contribution in [0.1, 0.15) is 68.2 Å². The Bertz CT molecular complexity index is 2800. The second-order valence-electron chi connectivity index (χ2n) is 16.6. The molecule has 2 fully saturated rings.